The lowest BCUT2D eigenvalue weighted by Gasteiger charge is -2.44. The Morgan fingerprint density at radius 3 is 1.83 bits per heavy atom. The summed E-state index contributed by atoms with van der Waals surface area (Å²) in [5.74, 6) is 0. The van der Waals surface area contributed by atoms with Crippen molar-refractivity contribution >= 4 is 46.2 Å². The smallest absolute Gasteiger partial charge is 0.485 e. The zero-order valence-corrected chi connectivity index (χ0v) is 30.6. The number of alkyl halides is 3. The number of hydrogen-bond acceptors (Lipinski definition) is 8. The van der Waals surface area contributed by atoms with E-state index in [1.807, 2.05) is 65.4 Å². The van der Waals surface area contributed by atoms with Crippen LogP contribution in [0.5, 0.6) is 0 Å². The molecule has 0 unspecified atom stereocenters. The van der Waals surface area contributed by atoms with Gasteiger partial charge >= 0.3 is 11.6 Å². The molecule has 9 nitrogen and oxygen atoms in total. The number of hydrogen-bond donors (Lipinski definition) is 0. The van der Waals surface area contributed by atoms with Crippen LogP contribution < -0.4 is 14.9 Å². The third-order valence-electron chi connectivity index (χ3n) is 7.50. The van der Waals surface area contributed by atoms with Gasteiger partial charge in [-0.3, -0.25) is 4.90 Å². The molecule has 2 atom stereocenters. The highest BCUT2D eigenvalue weighted by atomic mass is 32.2. The second-order valence-corrected chi connectivity index (χ2v) is 20.2. The number of aromatic nitrogens is 1. The van der Waals surface area contributed by atoms with E-state index in [0.717, 1.165) is 5.01 Å². The van der Waals surface area contributed by atoms with Gasteiger partial charge in [0.25, 0.3) is 13.3 Å². The van der Waals surface area contributed by atoms with Gasteiger partial charge in [0.2, 0.25) is 0 Å². The highest BCUT2D eigenvalue weighted by Gasteiger charge is 2.57. The molecule has 0 aliphatic carbocycles. The quantitative estimate of drug-likeness (QED) is 0.141. The van der Waals surface area contributed by atoms with E-state index in [1.165, 1.54) is 10.4 Å². The second-order valence-electron chi connectivity index (χ2n) is 13.6. The first kappa shape index (κ1) is 38.6. The summed E-state index contributed by atoms with van der Waals surface area (Å²) in [4.78, 5) is 15.5. The number of carbonyl (C=O) groups excluding carboxylic acids is 1. The SMILES string of the molecule is C[n+]1ccsc1[C@@H]1OC(C)(C)N(C(=O)OC(C)(C)C)[C@H]1CO[Si](c1ccccc1)(c1ccccc1)C(C)(C)C.O=S(=O)([O-])C(F)(F)F. The summed E-state index contributed by atoms with van der Waals surface area (Å²) in [5, 5.41) is 5.28. The number of thiazole rings is 1. The standard InChI is InChI=1S/C31H43N2O4SSi.CHF3O3S/c1-29(2,3)37-28(34)33-25(26(36-31(33,7)8)27-32(9)20-21-38-27)22-35-39(30(4,5)6,23-16-12-10-13-17-23)24-18-14-11-15-19-24;2-1(3,4)8(5,6)7/h10-21,25-26H,22H2,1-9H3;(H,5,6,7)/q+1;/p-1/t25-,26+;/m0./s1. The Kier molecular flexibility index (Phi) is 11.5. The van der Waals surface area contributed by atoms with Crippen molar-refractivity contribution in [1.29, 1.82) is 0 Å². The average Bonchev–Trinajstić information content (AvgIpc) is 3.46. The lowest BCUT2D eigenvalue weighted by atomic mass is 10.1. The van der Waals surface area contributed by atoms with E-state index in [0.29, 0.717) is 6.61 Å². The van der Waals surface area contributed by atoms with Gasteiger partial charge < -0.3 is 18.5 Å². The molecule has 1 aliphatic heterocycles. The molecule has 4 rings (SSSR count). The van der Waals surface area contributed by atoms with Crippen molar-refractivity contribution in [3.05, 3.63) is 77.2 Å². The van der Waals surface area contributed by atoms with Gasteiger partial charge in [-0.05, 0) is 50.0 Å². The monoisotopic (exact) mass is 716 g/mol. The van der Waals surface area contributed by atoms with Gasteiger partial charge in [-0.2, -0.15) is 17.7 Å². The second kappa shape index (κ2) is 14.0. The fourth-order valence-corrected chi connectivity index (χ4v) is 11.1. The van der Waals surface area contributed by atoms with Gasteiger partial charge in [0.1, 0.15) is 18.4 Å². The lowest BCUT2D eigenvalue weighted by molar-refractivity contribution is -0.677. The molecule has 1 saturated heterocycles. The Hall–Kier alpha value is -2.82. The van der Waals surface area contributed by atoms with Crippen LogP contribution >= 0.6 is 11.3 Å². The summed E-state index contributed by atoms with van der Waals surface area (Å²) in [6.45, 7) is 16.6. The molecule has 0 bridgehead atoms. The molecule has 1 amide bonds. The number of nitrogens with zero attached hydrogens (tertiary/aromatic N) is 2. The van der Waals surface area contributed by atoms with Crippen LogP contribution in [-0.2, 0) is 31.1 Å². The van der Waals surface area contributed by atoms with Crippen molar-refractivity contribution in [2.24, 2.45) is 7.05 Å². The van der Waals surface area contributed by atoms with E-state index >= 15 is 0 Å². The van der Waals surface area contributed by atoms with Gasteiger partial charge in [0.05, 0.1) is 18.0 Å². The number of benzene rings is 2. The van der Waals surface area contributed by atoms with Gasteiger partial charge in [0, 0.05) is 0 Å². The molecule has 2 heterocycles. The molecule has 15 heteroatoms. The molecular weight excluding hydrogens is 674 g/mol. The van der Waals surface area contributed by atoms with E-state index in [2.05, 4.69) is 73.9 Å². The minimum Gasteiger partial charge on any atom is -0.741 e. The molecule has 1 aliphatic rings. The molecule has 0 spiro atoms. The van der Waals surface area contributed by atoms with Crippen LogP contribution in [0, 0.1) is 0 Å². The molecule has 3 aromatic rings. The summed E-state index contributed by atoms with van der Waals surface area (Å²) < 4.78 is 80.9. The Morgan fingerprint density at radius 1 is 1.00 bits per heavy atom. The largest absolute Gasteiger partial charge is 0.741 e. The Morgan fingerprint density at radius 2 is 1.47 bits per heavy atom. The normalized spacial score (nSPS) is 18.8. The molecule has 1 aromatic heterocycles. The summed E-state index contributed by atoms with van der Waals surface area (Å²) in [6.07, 6.45) is 1.26. The van der Waals surface area contributed by atoms with Crippen LogP contribution in [0.2, 0.25) is 5.04 Å². The van der Waals surface area contributed by atoms with E-state index in [-0.39, 0.29) is 17.2 Å². The summed E-state index contributed by atoms with van der Waals surface area (Å²) in [6, 6.07) is 20.8. The molecule has 47 heavy (non-hydrogen) atoms. The average molecular weight is 717 g/mol. The van der Waals surface area contributed by atoms with Crippen molar-refractivity contribution in [3.63, 3.8) is 0 Å². The Balaban J connectivity index is 0.000000665. The zero-order valence-electron chi connectivity index (χ0n) is 28.0. The van der Waals surface area contributed by atoms with Gasteiger partial charge in [-0.1, -0.05) is 92.8 Å². The highest BCUT2D eigenvalue weighted by Crippen LogP contribution is 2.44. The minimum atomic E-state index is -6.09. The maximum Gasteiger partial charge on any atom is 0.485 e. The fraction of sp³-hybridized carbons (Fsp3) is 0.500. The molecule has 0 radical (unpaired) electrons. The summed E-state index contributed by atoms with van der Waals surface area (Å²) in [7, 11) is -6.92. The number of aryl methyl sites for hydroxylation is 1. The zero-order chi connectivity index (χ0) is 35.6. The fourth-order valence-electron chi connectivity index (χ4n) is 5.61. The number of carbonyl (C=O) groups is 1. The van der Waals surface area contributed by atoms with E-state index in [4.69, 9.17) is 26.9 Å². The minimum absolute atomic E-state index is 0.190. The number of rotatable bonds is 6. The van der Waals surface area contributed by atoms with Crippen molar-refractivity contribution in [2.75, 3.05) is 6.61 Å². The third kappa shape index (κ3) is 8.81. The number of amides is 1. The molecule has 260 valence electrons. The van der Waals surface area contributed by atoms with Crippen LogP contribution in [0.1, 0.15) is 66.5 Å². The molecular formula is C32H43F3N2O7S2Si. The molecule has 0 N–H and O–H groups in total. The van der Waals surface area contributed by atoms with E-state index < -0.39 is 41.4 Å². The van der Waals surface area contributed by atoms with E-state index in [9.17, 15) is 18.0 Å². The van der Waals surface area contributed by atoms with Crippen LogP contribution in [0.15, 0.2) is 72.2 Å². The number of ether oxygens (including phenoxy) is 2. The van der Waals surface area contributed by atoms with Gasteiger partial charge in [-0.25, -0.2) is 13.2 Å². The summed E-state index contributed by atoms with van der Waals surface area (Å²) in [5.41, 5.74) is -7.17. The molecule has 0 saturated carbocycles. The van der Waals surface area contributed by atoms with Crippen LogP contribution in [0.25, 0.3) is 0 Å². The Labute approximate surface area is 280 Å². The first-order valence-electron chi connectivity index (χ1n) is 14.8. The van der Waals surface area contributed by atoms with Crippen molar-refractivity contribution in [2.45, 2.75) is 89.4 Å². The van der Waals surface area contributed by atoms with Crippen molar-refractivity contribution in [1.82, 2.24) is 4.90 Å². The first-order chi connectivity index (χ1) is 21.4. The Bertz CT molecular complexity index is 1570. The predicted molar refractivity (Wildman–Crippen MR) is 175 cm³/mol. The first-order valence-corrected chi connectivity index (χ1v) is 19.0. The maximum atomic E-state index is 13.7. The number of halogens is 3. The predicted octanol–water partition coefficient (Wildman–Crippen LogP) is 5.61. The third-order valence-corrected chi connectivity index (χ3v) is 14.1. The van der Waals surface area contributed by atoms with Crippen molar-refractivity contribution < 1.29 is 49.4 Å². The van der Waals surface area contributed by atoms with Gasteiger partial charge in [0.15, 0.2) is 22.4 Å². The summed E-state index contributed by atoms with van der Waals surface area (Å²) >= 11 is 1.62. The van der Waals surface area contributed by atoms with Crippen molar-refractivity contribution in [3.8, 4) is 0 Å². The topological polar surface area (TPSA) is 109 Å². The molecule has 2 aromatic carbocycles. The van der Waals surface area contributed by atoms with Crippen LogP contribution in [0.4, 0.5) is 18.0 Å². The molecule has 1 fully saturated rings. The van der Waals surface area contributed by atoms with E-state index in [1.54, 1.807) is 16.2 Å². The maximum absolute atomic E-state index is 13.7. The lowest BCUT2D eigenvalue weighted by Crippen LogP contribution is -2.67. The van der Waals surface area contributed by atoms with Crippen LogP contribution in [0.3, 0.4) is 0 Å². The highest BCUT2D eigenvalue weighted by molar-refractivity contribution is 7.86. The van der Waals surface area contributed by atoms with Crippen LogP contribution in [-0.4, -0.2) is 61.8 Å². The van der Waals surface area contributed by atoms with Gasteiger partial charge in [-0.15, -0.1) is 0 Å².